The highest BCUT2D eigenvalue weighted by Crippen LogP contribution is 2.15. The van der Waals surface area contributed by atoms with E-state index in [0.29, 0.717) is 29.4 Å². The van der Waals surface area contributed by atoms with Crippen molar-refractivity contribution < 1.29 is 23.8 Å². The fraction of sp³-hybridized carbons (Fsp3) is 0.222. The molecule has 0 aromatic heterocycles. The summed E-state index contributed by atoms with van der Waals surface area (Å²) in [5.41, 5.74) is 0.952. The number of ether oxygens (including phenoxy) is 3. The van der Waals surface area contributed by atoms with Gasteiger partial charge in [0.1, 0.15) is 11.5 Å². The quantitative estimate of drug-likeness (QED) is 0.791. The number of nitrogens with one attached hydrogen (secondary N) is 1. The third-order valence-electron chi connectivity index (χ3n) is 3.11. The van der Waals surface area contributed by atoms with Gasteiger partial charge in [-0.25, -0.2) is 4.79 Å². The highest BCUT2D eigenvalue weighted by Gasteiger charge is 2.10. The Hall–Kier alpha value is -3.02. The van der Waals surface area contributed by atoms with Gasteiger partial charge in [-0.15, -0.1) is 0 Å². The monoisotopic (exact) mass is 329 g/mol. The molecule has 0 bridgehead atoms. The van der Waals surface area contributed by atoms with Gasteiger partial charge in [0.15, 0.2) is 6.61 Å². The van der Waals surface area contributed by atoms with Crippen molar-refractivity contribution in [3.63, 3.8) is 0 Å². The molecule has 2 aromatic carbocycles. The number of methoxy groups -OCH3 is 1. The van der Waals surface area contributed by atoms with E-state index in [1.165, 1.54) is 0 Å². The van der Waals surface area contributed by atoms with Crippen LogP contribution in [0.4, 0.5) is 5.69 Å². The van der Waals surface area contributed by atoms with Crippen LogP contribution in [0.1, 0.15) is 17.3 Å². The van der Waals surface area contributed by atoms with Crippen LogP contribution in [0.15, 0.2) is 48.5 Å². The molecule has 0 unspecified atom stereocenters. The van der Waals surface area contributed by atoms with Gasteiger partial charge in [0, 0.05) is 5.69 Å². The SMILES string of the molecule is CCOc1ccc(C(=O)OCC(=O)Nc2ccc(OC)cc2)cc1. The molecule has 2 aromatic rings. The molecule has 6 nitrogen and oxygen atoms in total. The van der Waals surface area contributed by atoms with Gasteiger partial charge in [-0.1, -0.05) is 0 Å². The van der Waals surface area contributed by atoms with Crippen LogP contribution in [0.2, 0.25) is 0 Å². The fourth-order valence-corrected chi connectivity index (χ4v) is 1.94. The molecule has 24 heavy (non-hydrogen) atoms. The van der Waals surface area contributed by atoms with E-state index in [1.54, 1.807) is 55.6 Å². The maximum absolute atomic E-state index is 11.9. The Kier molecular flexibility index (Phi) is 6.19. The van der Waals surface area contributed by atoms with Crippen molar-refractivity contribution in [1.29, 1.82) is 0 Å². The number of esters is 1. The molecular formula is C18H19NO5. The van der Waals surface area contributed by atoms with E-state index in [4.69, 9.17) is 14.2 Å². The first-order valence-corrected chi connectivity index (χ1v) is 7.46. The first-order chi connectivity index (χ1) is 11.6. The summed E-state index contributed by atoms with van der Waals surface area (Å²) in [7, 11) is 1.56. The van der Waals surface area contributed by atoms with Gasteiger partial charge < -0.3 is 19.5 Å². The molecule has 0 atom stereocenters. The standard InChI is InChI=1S/C18H19NO5/c1-3-23-16-8-4-13(5-9-16)18(21)24-12-17(20)19-14-6-10-15(22-2)11-7-14/h4-11H,3,12H2,1-2H3,(H,19,20). The van der Waals surface area contributed by atoms with E-state index < -0.39 is 11.9 Å². The fourth-order valence-electron chi connectivity index (χ4n) is 1.94. The molecule has 0 aliphatic rings. The van der Waals surface area contributed by atoms with Crippen molar-refractivity contribution in [2.75, 3.05) is 25.6 Å². The van der Waals surface area contributed by atoms with Crippen LogP contribution >= 0.6 is 0 Å². The van der Waals surface area contributed by atoms with Crippen LogP contribution in [0, 0.1) is 0 Å². The summed E-state index contributed by atoms with van der Waals surface area (Å²) in [6.45, 7) is 2.07. The smallest absolute Gasteiger partial charge is 0.338 e. The number of anilines is 1. The first kappa shape index (κ1) is 17.3. The predicted molar refractivity (Wildman–Crippen MR) is 89.5 cm³/mol. The number of carbonyl (C=O) groups is 2. The zero-order valence-corrected chi connectivity index (χ0v) is 13.6. The van der Waals surface area contributed by atoms with Crippen molar-refractivity contribution in [3.8, 4) is 11.5 Å². The second-order valence-corrected chi connectivity index (χ2v) is 4.81. The normalized spacial score (nSPS) is 9.92. The van der Waals surface area contributed by atoms with Crippen LogP contribution in [-0.2, 0) is 9.53 Å². The summed E-state index contributed by atoms with van der Waals surface area (Å²) in [6, 6.07) is 13.4. The molecule has 126 valence electrons. The lowest BCUT2D eigenvalue weighted by molar-refractivity contribution is -0.119. The summed E-state index contributed by atoms with van der Waals surface area (Å²) >= 11 is 0. The van der Waals surface area contributed by atoms with Crippen molar-refractivity contribution in [2.45, 2.75) is 6.92 Å². The van der Waals surface area contributed by atoms with Crippen LogP contribution in [0.3, 0.4) is 0 Å². The Morgan fingerprint density at radius 2 is 1.58 bits per heavy atom. The second-order valence-electron chi connectivity index (χ2n) is 4.81. The van der Waals surface area contributed by atoms with Gasteiger partial charge in [0.25, 0.3) is 5.91 Å². The minimum absolute atomic E-state index is 0.357. The third-order valence-corrected chi connectivity index (χ3v) is 3.11. The Balaban J connectivity index is 1.82. The van der Waals surface area contributed by atoms with E-state index in [-0.39, 0.29) is 6.61 Å². The number of rotatable bonds is 7. The molecule has 2 rings (SSSR count). The van der Waals surface area contributed by atoms with Crippen LogP contribution < -0.4 is 14.8 Å². The lowest BCUT2D eigenvalue weighted by atomic mass is 10.2. The molecule has 1 amide bonds. The van der Waals surface area contributed by atoms with Crippen LogP contribution in [0.5, 0.6) is 11.5 Å². The van der Waals surface area contributed by atoms with E-state index in [1.807, 2.05) is 6.92 Å². The maximum atomic E-state index is 11.9. The molecule has 0 heterocycles. The van der Waals surface area contributed by atoms with Gasteiger partial charge >= 0.3 is 5.97 Å². The molecule has 6 heteroatoms. The lowest BCUT2D eigenvalue weighted by Crippen LogP contribution is -2.20. The summed E-state index contributed by atoms with van der Waals surface area (Å²) in [6.07, 6.45) is 0. The average molecular weight is 329 g/mol. The van der Waals surface area contributed by atoms with Gasteiger partial charge in [-0.05, 0) is 55.5 Å². The van der Waals surface area contributed by atoms with Gasteiger partial charge in [0.2, 0.25) is 0 Å². The minimum atomic E-state index is -0.567. The zero-order valence-electron chi connectivity index (χ0n) is 13.6. The molecule has 1 N–H and O–H groups in total. The molecular weight excluding hydrogens is 310 g/mol. The first-order valence-electron chi connectivity index (χ1n) is 7.46. The molecule has 0 fully saturated rings. The Morgan fingerprint density at radius 3 is 2.17 bits per heavy atom. The second kappa shape index (κ2) is 8.57. The predicted octanol–water partition coefficient (Wildman–Crippen LogP) is 2.89. The zero-order chi connectivity index (χ0) is 17.4. The maximum Gasteiger partial charge on any atom is 0.338 e. The Bertz CT molecular complexity index is 680. The van der Waals surface area contributed by atoms with Crippen molar-refractivity contribution in [3.05, 3.63) is 54.1 Å². The largest absolute Gasteiger partial charge is 0.497 e. The van der Waals surface area contributed by atoms with Crippen molar-refractivity contribution in [1.82, 2.24) is 0 Å². The van der Waals surface area contributed by atoms with E-state index in [9.17, 15) is 9.59 Å². The number of amides is 1. The highest BCUT2D eigenvalue weighted by molar-refractivity contribution is 5.95. The number of hydrogen-bond donors (Lipinski definition) is 1. The van der Waals surface area contributed by atoms with E-state index >= 15 is 0 Å². The van der Waals surface area contributed by atoms with E-state index in [2.05, 4.69) is 5.32 Å². The van der Waals surface area contributed by atoms with Crippen LogP contribution in [0.25, 0.3) is 0 Å². The van der Waals surface area contributed by atoms with Crippen molar-refractivity contribution >= 4 is 17.6 Å². The topological polar surface area (TPSA) is 73.9 Å². The van der Waals surface area contributed by atoms with Gasteiger partial charge in [-0.3, -0.25) is 4.79 Å². The summed E-state index contributed by atoms with van der Waals surface area (Å²) in [4.78, 5) is 23.7. The van der Waals surface area contributed by atoms with Crippen molar-refractivity contribution in [2.24, 2.45) is 0 Å². The number of carbonyl (C=O) groups excluding carboxylic acids is 2. The number of hydrogen-bond acceptors (Lipinski definition) is 5. The number of benzene rings is 2. The summed E-state index contributed by atoms with van der Waals surface area (Å²) < 4.78 is 15.3. The molecule has 0 radical (unpaired) electrons. The highest BCUT2D eigenvalue weighted by atomic mass is 16.5. The lowest BCUT2D eigenvalue weighted by Gasteiger charge is -2.08. The Morgan fingerprint density at radius 1 is 0.958 bits per heavy atom. The summed E-state index contributed by atoms with van der Waals surface area (Å²) in [5.74, 6) is 0.378. The van der Waals surface area contributed by atoms with Gasteiger partial charge in [0.05, 0.1) is 19.3 Å². The molecule has 0 aliphatic heterocycles. The van der Waals surface area contributed by atoms with Gasteiger partial charge in [-0.2, -0.15) is 0 Å². The summed E-state index contributed by atoms with van der Waals surface area (Å²) in [5, 5.41) is 2.63. The Labute approximate surface area is 140 Å². The molecule has 0 spiro atoms. The molecule has 0 saturated heterocycles. The van der Waals surface area contributed by atoms with E-state index in [0.717, 1.165) is 0 Å². The third kappa shape index (κ3) is 5.01. The average Bonchev–Trinajstić information content (AvgIpc) is 2.61. The minimum Gasteiger partial charge on any atom is -0.497 e. The molecule has 0 saturated carbocycles. The molecule has 0 aliphatic carbocycles. The van der Waals surface area contributed by atoms with Crippen LogP contribution in [-0.4, -0.2) is 32.2 Å².